The highest BCUT2D eigenvalue weighted by atomic mass is 35.5. The minimum Gasteiger partial charge on any atom is -0.212 e. The number of sulfonamides is 1. The van der Waals surface area contributed by atoms with E-state index in [1.807, 2.05) is 37.3 Å². The minimum atomic E-state index is -3.24. The highest BCUT2D eigenvalue weighted by Crippen LogP contribution is 2.03. The number of halogens is 1. The lowest BCUT2D eigenvalue weighted by molar-refractivity contribution is 0.556. The Labute approximate surface area is 108 Å². The Hall–Kier alpha value is -0.580. The van der Waals surface area contributed by atoms with Crippen LogP contribution in [0.25, 0.3) is 0 Å². The first kappa shape index (κ1) is 14.5. The number of hydrogen-bond acceptors (Lipinski definition) is 2. The van der Waals surface area contributed by atoms with Crippen LogP contribution in [0, 0.1) is 0 Å². The first-order valence-electron chi connectivity index (χ1n) is 5.67. The number of hydrogen-bond donors (Lipinski definition) is 1. The van der Waals surface area contributed by atoms with E-state index < -0.39 is 10.0 Å². The molecule has 0 aromatic heterocycles. The Morgan fingerprint density at radius 3 is 2.47 bits per heavy atom. The van der Waals surface area contributed by atoms with Crippen molar-refractivity contribution in [2.45, 2.75) is 25.8 Å². The van der Waals surface area contributed by atoms with Gasteiger partial charge in [0.2, 0.25) is 10.0 Å². The van der Waals surface area contributed by atoms with Crippen LogP contribution in [-0.2, 0) is 16.4 Å². The Morgan fingerprint density at radius 1 is 1.29 bits per heavy atom. The zero-order valence-electron chi connectivity index (χ0n) is 9.90. The molecule has 0 aliphatic rings. The lowest BCUT2D eigenvalue weighted by atomic mass is 10.2. The van der Waals surface area contributed by atoms with Gasteiger partial charge in [0.15, 0.2) is 0 Å². The van der Waals surface area contributed by atoms with Gasteiger partial charge in [-0.3, -0.25) is 0 Å². The Kier molecular flexibility index (Phi) is 5.95. The van der Waals surface area contributed by atoms with E-state index in [0.717, 1.165) is 5.56 Å². The summed E-state index contributed by atoms with van der Waals surface area (Å²) >= 11 is 5.66. The molecule has 3 nitrogen and oxygen atoms in total. The molecule has 5 heteroatoms. The molecule has 1 unspecified atom stereocenters. The van der Waals surface area contributed by atoms with Gasteiger partial charge in [-0.2, -0.15) is 0 Å². The minimum absolute atomic E-state index is 0.102. The summed E-state index contributed by atoms with van der Waals surface area (Å²) < 4.78 is 26.1. The largest absolute Gasteiger partial charge is 0.212 e. The lowest BCUT2D eigenvalue weighted by Crippen LogP contribution is -2.37. The van der Waals surface area contributed by atoms with E-state index >= 15 is 0 Å². The molecule has 1 aromatic rings. The summed E-state index contributed by atoms with van der Waals surface area (Å²) in [4.78, 5) is 0. The van der Waals surface area contributed by atoms with E-state index in [1.54, 1.807) is 0 Å². The van der Waals surface area contributed by atoms with E-state index in [-0.39, 0.29) is 11.8 Å². The molecule has 0 heterocycles. The van der Waals surface area contributed by atoms with Crippen LogP contribution < -0.4 is 4.72 Å². The van der Waals surface area contributed by atoms with Crippen molar-refractivity contribution in [3.63, 3.8) is 0 Å². The topological polar surface area (TPSA) is 46.2 Å². The molecule has 1 N–H and O–H groups in total. The van der Waals surface area contributed by atoms with E-state index in [0.29, 0.717) is 18.7 Å². The van der Waals surface area contributed by atoms with Crippen LogP contribution in [0.1, 0.15) is 18.9 Å². The van der Waals surface area contributed by atoms with Crippen LogP contribution in [0.4, 0.5) is 0 Å². The van der Waals surface area contributed by atoms with Crippen LogP contribution in [0.5, 0.6) is 0 Å². The first-order chi connectivity index (χ1) is 8.07. The molecule has 1 atom stereocenters. The molecule has 17 heavy (non-hydrogen) atoms. The van der Waals surface area contributed by atoms with Gasteiger partial charge in [-0.1, -0.05) is 37.3 Å². The summed E-state index contributed by atoms with van der Waals surface area (Å²) in [7, 11) is -3.24. The molecular weight excluding hydrogens is 258 g/mol. The molecule has 0 radical (unpaired) electrons. The number of rotatable bonds is 7. The number of nitrogens with one attached hydrogen (secondary N) is 1. The van der Waals surface area contributed by atoms with Gasteiger partial charge in [0, 0.05) is 11.9 Å². The van der Waals surface area contributed by atoms with Gasteiger partial charge in [-0.15, -0.1) is 11.6 Å². The maximum absolute atomic E-state index is 11.8. The summed E-state index contributed by atoms with van der Waals surface area (Å²) in [6, 6.07) is 9.41. The summed E-state index contributed by atoms with van der Waals surface area (Å²) in [5, 5.41) is 0. The standard InChI is InChI=1S/C12H18ClNO2S/c1-2-12(10-13)14-17(15,16)9-8-11-6-4-3-5-7-11/h3-7,12,14H,2,8-10H2,1H3. The second kappa shape index (κ2) is 6.99. The molecule has 0 bridgehead atoms. The monoisotopic (exact) mass is 275 g/mol. The van der Waals surface area contributed by atoms with Crippen LogP contribution in [0.15, 0.2) is 30.3 Å². The maximum atomic E-state index is 11.8. The third-order valence-electron chi connectivity index (χ3n) is 2.53. The highest BCUT2D eigenvalue weighted by molar-refractivity contribution is 7.89. The van der Waals surface area contributed by atoms with Crippen LogP contribution in [0.3, 0.4) is 0 Å². The molecule has 0 amide bonds. The van der Waals surface area contributed by atoms with Crippen molar-refractivity contribution in [3.8, 4) is 0 Å². The maximum Gasteiger partial charge on any atom is 0.212 e. The molecule has 0 spiro atoms. The quantitative estimate of drug-likeness (QED) is 0.775. The number of aryl methyl sites for hydroxylation is 1. The molecule has 0 aliphatic heterocycles. The van der Waals surface area contributed by atoms with Gasteiger partial charge >= 0.3 is 0 Å². The van der Waals surface area contributed by atoms with Crippen molar-refractivity contribution < 1.29 is 8.42 Å². The summed E-state index contributed by atoms with van der Waals surface area (Å²) in [6.07, 6.45) is 1.23. The SMILES string of the molecule is CCC(CCl)NS(=O)(=O)CCc1ccccc1. The van der Waals surface area contributed by atoms with Gasteiger partial charge in [0.1, 0.15) is 0 Å². The van der Waals surface area contributed by atoms with Gasteiger partial charge in [0.05, 0.1) is 5.75 Å². The number of benzene rings is 1. The average Bonchev–Trinajstić information content (AvgIpc) is 2.35. The molecule has 0 fully saturated rings. The summed E-state index contributed by atoms with van der Waals surface area (Å²) in [5.41, 5.74) is 1.02. The van der Waals surface area contributed by atoms with E-state index in [1.165, 1.54) is 0 Å². The Balaban J connectivity index is 2.50. The van der Waals surface area contributed by atoms with Crippen LogP contribution in [-0.4, -0.2) is 26.1 Å². The third kappa shape index (κ3) is 5.52. The molecule has 0 saturated carbocycles. The second-order valence-corrected chi connectivity index (χ2v) is 6.11. The van der Waals surface area contributed by atoms with Crippen molar-refractivity contribution >= 4 is 21.6 Å². The van der Waals surface area contributed by atoms with Gasteiger partial charge < -0.3 is 0 Å². The average molecular weight is 276 g/mol. The molecule has 96 valence electrons. The highest BCUT2D eigenvalue weighted by Gasteiger charge is 2.15. The van der Waals surface area contributed by atoms with Crippen molar-refractivity contribution in [1.82, 2.24) is 4.72 Å². The van der Waals surface area contributed by atoms with Gasteiger partial charge in [0.25, 0.3) is 0 Å². The normalized spacial score (nSPS) is 13.5. The van der Waals surface area contributed by atoms with E-state index in [4.69, 9.17) is 11.6 Å². The molecule has 0 aliphatic carbocycles. The summed E-state index contributed by atoms with van der Waals surface area (Å²) in [6.45, 7) is 1.91. The lowest BCUT2D eigenvalue weighted by Gasteiger charge is -2.13. The van der Waals surface area contributed by atoms with Gasteiger partial charge in [-0.05, 0) is 18.4 Å². The number of alkyl halides is 1. The Morgan fingerprint density at radius 2 is 1.94 bits per heavy atom. The fraction of sp³-hybridized carbons (Fsp3) is 0.500. The van der Waals surface area contributed by atoms with Crippen LogP contribution in [0.2, 0.25) is 0 Å². The zero-order valence-corrected chi connectivity index (χ0v) is 11.5. The van der Waals surface area contributed by atoms with Gasteiger partial charge in [-0.25, -0.2) is 13.1 Å². The predicted molar refractivity (Wildman–Crippen MR) is 71.9 cm³/mol. The van der Waals surface area contributed by atoms with Crippen LogP contribution >= 0.6 is 11.6 Å². The third-order valence-corrected chi connectivity index (χ3v) is 4.33. The zero-order chi connectivity index (χ0) is 12.7. The van der Waals surface area contributed by atoms with E-state index in [9.17, 15) is 8.42 Å². The summed E-state index contributed by atoms with van der Waals surface area (Å²) in [5.74, 6) is 0.408. The molecule has 1 rings (SSSR count). The van der Waals surface area contributed by atoms with Crippen molar-refractivity contribution in [2.24, 2.45) is 0 Å². The smallest absolute Gasteiger partial charge is 0.212 e. The molecule has 0 saturated heterocycles. The van der Waals surface area contributed by atoms with E-state index in [2.05, 4.69) is 4.72 Å². The molecular formula is C12H18ClNO2S. The predicted octanol–water partition coefficient (Wildman–Crippen LogP) is 2.17. The fourth-order valence-electron chi connectivity index (χ4n) is 1.43. The van der Waals surface area contributed by atoms with Crippen molar-refractivity contribution in [3.05, 3.63) is 35.9 Å². The van der Waals surface area contributed by atoms with Crippen molar-refractivity contribution in [1.29, 1.82) is 0 Å². The molecule has 1 aromatic carbocycles. The fourth-order valence-corrected chi connectivity index (χ4v) is 3.20. The second-order valence-electron chi connectivity index (χ2n) is 3.93. The first-order valence-corrected chi connectivity index (χ1v) is 7.86. The Bertz CT molecular complexity index is 415. The van der Waals surface area contributed by atoms with Crippen molar-refractivity contribution in [2.75, 3.05) is 11.6 Å².